The molecule has 1 aliphatic heterocycles. The van der Waals surface area contributed by atoms with Crippen LogP contribution in [0.5, 0.6) is 0 Å². The first-order valence-electron chi connectivity index (χ1n) is 9.52. The maximum Gasteiger partial charge on any atom is 0.419 e. The summed E-state index contributed by atoms with van der Waals surface area (Å²) in [6, 6.07) is 7.31. The third-order valence-electron chi connectivity index (χ3n) is 5.41. The molecule has 1 aliphatic rings. The van der Waals surface area contributed by atoms with E-state index in [1.807, 2.05) is 0 Å². The van der Waals surface area contributed by atoms with Gasteiger partial charge < -0.3 is 9.73 Å². The predicted molar refractivity (Wildman–Crippen MR) is 108 cm³/mol. The van der Waals surface area contributed by atoms with E-state index in [2.05, 4.69) is 5.32 Å². The Kier molecular flexibility index (Phi) is 5.40. The second-order valence-electron chi connectivity index (χ2n) is 7.35. The van der Waals surface area contributed by atoms with E-state index in [4.69, 9.17) is 4.42 Å². The van der Waals surface area contributed by atoms with Crippen molar-refractivity contribution in [3.63, 3.8) is 0 Å². The van der Waals surface area contributed by atoms with Crippen molar-refractivity contribution in [1.29, 1.82) is 0 Å². The van der Waals surface area contributed by atoms with Crippen molar-refractivity contribution in [2.24, 2.45) is 13.0 Å². The summed E-state index contributed by atoms with van der Waals surface area (Å²) in [6.07, 6.45) is 0.550. The fourth-order valence-electron chi connectivity index (χ4n) is 3.60. The van der Waals surface area contributed by atoms with Crippen LogP contribution in [0.3, 0.4) is 0 Å². The van der Waals surface area contributed by atoms with Gasteiger partial charge in [0.2, 0.25) is 15.9 Å². The van der Waals surface area contributed by atoms with E-state index in [9.17, 15) is 26.8 Å². The molecule has 1 saturated heterocycles. The highest BCUT2D eigenvalue weighted by atomic mass is 32.2. The molecule has 0 radical (unpaired) electrons. The predicted octanol–water partition coefficient (Wildman–Crippen LogP) is 2.45. The maximum atomic E-state index is 13.3. The minimum Gasteiger partial charge on any atom is -0.408 e. The SMILES string of the molecule is Cn1c(=O)oc2cc(S(=O)(=O)N3CCC(C(=O)Nc4ccc(F)c(F)c4)CC3)ccc21. The van der Waals surface area contributed by atoms with Crippen LogP contribution in [0.1, 0.15) is 12.8 Å². The zero-order valence-corrected chi connectivity index (χ0v) is 17.3. The highest BCUT2D eigenvalue weighted by Crippen LogP contribution is 2.27. The van der Waals surface area contributed by atoms with Crippen LogP contribution in [0.15, 0.2) is 50.5 Å². The summed E-state index contributed by atoms with van der Waals surface area (Å²) >= 11 is 0. The summed E-state index contributed by atoms with van der Waals surface area (Å²) in [6.45, 7) is 0.240. The molecule has 1 amide bonds. The van der Waals surface area contributed by atoms with E-state index in [0.29, 0.717) is 5.52 Å². The molecule has 0 aliphatic carbocycles. The third-order valence-corrected chi connectivity index (χ3v) is 7.31. The number of rotatable bonds is 4. The Morgan fingerprint density at radius 3 is 2.48 bits per heavy atom. The van der Waals surface area contributed by atoms with Gasteiger partial charge in [0.1, 0.15) is 0 Å². The minimum absolute atomic E-state index is 0.000890. The number of nitrogens with zero attached hydrogens (tertiary/aromatic N) is 2. The number of aryl methyl sites for hydroxylation is 1. The van der Waals surface area contributed by atoms with E-state index in [0.717, 1.165) is 12.1 Å². The van der Waals surface area contributed by atoms with Crippen LogP contribution in [-0.4, -0.2) is 36.3 Å². The third kappa shape index (κ3) is 3.98. The van der Waals surface area contributed by atoms with E-state index in [-0.39, 0.29) is 48.0 Å². The lowest BCUT2D eigenvalue weighted by molar-refractivity contribution is -0.120. The summed E-state index contributed by atoms with van der Waals surface area (Å²) in [5, 5.41) is 2.53. The lowest BCUT2D eigenvalue weighted by Crippen LogP contribution is -2.41. The van der Waals surface area contributed by atoms with Crippen molar-refractivity contribution in [1.82, 2.24) is 8.87 Å². The first-order valence-corrected chi connectivity index (χ1v) is 11.0. The Bertz CT molecular complexity index is 1320. The zero-order chi connectivity index (χ0) is 22.3. The number of hydrogen-bond acceptors (Lipinski definition) is 5. The lowest BCUT2D eigenvalue weighted by atomic mass is 9.97. The molecule has 164 valence electrons. The smallest absolute Gasteiger partial charge is 0.408 e. The Morgan fingerprint density at radius 2 is 1.81 bits per heavy atom. The Balaban J connectivity index is 1.44. The summed E-state index contributed by atoms with van der Waals surface area (Å²) in [5.74, 6) is -3.50. The van der Waals surface area contributed by atoms with Crippen molar-refractivity contribution in [3.05, 3.63) is 58.6 Å². The summed E-state index contributed by atoms with van der Waals surface area (Å²) in [4.78, 5) is 24.1. The standard InChI is InChI=1S/C20H19F2N3O5S/c1-24-17-5-3-14(11-18(17)30-20(24)27)31(28,29)25-8-6-12(7-9-25)19(26)23-13-2-4-15(21)16(22)10-13/h2-5,10-12H,6-9H2,1H3,(H,23,26). The molecule has 0 bridgehead atoms. The molecule has 8 nitrogen and oxygen atoms in total. The van der Waals surface area contributed by atoms with Gasteiger partial charge in [-0.2, -0.15) is 4.31 Å². The number of oxazole rings is 1. The largest absolute Gasteiger partial charge is 0.419 e. The molecule has 3 aromatic rings. The van der Waals surface area contributed by atoms with Gasteiger partial charge in [0.05, 0.1) is 10.4 Å². The van der Waals surface area contributed by atoms with Gasteiger partial charge in [-0.3, -0.25) is 9.36 Å². The van der Waals surface area contributed by atoms with Gasteiger partial charge in [0.25, 0.3) is 0 Å². The molecule has 0 spiro atoms. The van der Waals surface area contributed by atoms with Gasteiger partial charge in [-0.1, -0.05) is 0 Å². The van der Waals surface area contributed by atoms with Crippen molar-refractivity contribution in [3.8, 4) is 0 Å². The van der Waals surface area contributed by atoms with Crippen LogP contribution < -0.4 is 11.1 Å². The topological polar surface area (TPSA) is 102 Å². The second kappa shape index (κ2) is 7.89. The van der Waals surface area contributed by atoms with Gasteiger partial charge in [0, 0.05) is 43.9 Å². The highest BCUT2D eigenvalue weighted by Gasteiger charge is 2.32. The number of anilines is 1. The summed E-state index contributed by atoms with van der Waals surface area (Å²) in [7, 11) is -2.31. The molecule has 1 fully saturated rings. The monoisotopic (exact) mass is 451 g/mol. The van der Waals surface area contributed by atoms with E-state index >= 15 is 0 Å². The number of halogens is 2. The lowest BCUT2D eigenvalue weighted by Gasteiger charge is -2.30. The fraction of sp³-hybridized carbons (Fsp3) is 0.300. The number of fused-ring (bicyclic) bond motifs is 1. The molecule has 4 rings (SSSR count). The first-order chi connectivity index (χ1) is 14.7. The van der Waals surface area contributed by atoms with Gasteiger partial charge >= 0.3 is 5.76 Å². The zero-order valence-electron chi connectivity index (χ0n) is 16.5. The second-order valence-corrected chi connectivity index (χ2v) is 9.29. The molecular weight excluding hydrogens is 432 g/mol. The molecule has 11 heteroatoms. The van der Waals surface area contributed by atoms with Gasteiger partial charge in [0.15, 0.2) is 17.2 Å². The number of nitrogens with one attached hydrogen (secondary N) is 1. The first kappa shape index (κ1) is 21.2. The van der Waals surface area contributed by atoms with Crippen LogP contribution in [0.2, 0.25) is 0 Å². The number of carbonyl (C=O) groups is 1. The minimum atomic E-state index is -3.84. The molecule has 0 saturated carbocycles. The van der Waals surface area contributed by atoms with Gasteiger partial charge in [-0.25, -0.2) is 22.0 Å². The van der Waals surface area contributed by atoms with Crippen LogP contribution in [0.25, 0.3) is 11.1 Å². The van der Waals surface area contributed by atoms with Crippen molar-refractivity contribution >= 4 is 32.7 Å². The van der Waals surface area contributed by atoms with Crippen LogP contribution in [-0.2, 0) is 21.9 Å². The normalized spacial score (nSPS) is 16.0. The number of carbonyl (C=O) groups excluding carboxylic acids is 1. The number of amides is 1. The molecule has 2 heterocycles. The van der Waals surface area contributed by atoms with E-state index < -0.39 is 33.3 Å². The average molecular weight is 451 g/mol. The van der Waals surface area contributed by atoms with Crippen LogP contribution in [0, 0.1) is 17.6 Å². The molecule has 0 atom stereocenters. The fourth-order valence-corrected chi connectivity index (χ4v) is 5.09. The Labute approximate surface area is 176 Å². The van der Waals surface area contributed by atoms with Crippen LogP contribution in [0.4, 0.5) is 14.5 Å². The molecule has 1 N–H and O–H groups in total. The molecule has 0 unspecified atom stereocenters. The Hall–Kier alpha value is -3.05. The maximum absolute atomic E-state index is 13.3. The van der Waals surface area contributed by atoms with Crippen molar-refractivity contribution in [2.75, 3.05) is 18.4 Å². The summed E-state index contributed by atoms with van der Waals surface area (Å²) < 4.78 is 59.9. The number of benzene rings is 2. The average Bonchev–Trinajstić information content (AvgIpc) is 3.04. The van der Waals surface area contributed by atoms with Gasteiger partial charge in [-0.05, 0) is 37.1 Å². The number of hydrogen-bond donors (Lipinski definition) is 1. The molecule has 1 aromatic heterocycles. The number of piperidine rings is 1. The van der Waals surface area contributed by atoms with Crippen LogP contribution >= 0.6 is 0 Å². The van der Waals surface area contributed by atoms with Crippen molar-refractivity contribution < 1.29 is 26.4 Å². The van der Waals surface area contributed by atoms with Gasteiger partial charge in [-0.15, -0.1) is 0 Å². The highest BCUT2D eigenvalue weighted by molar-refractivity contribution is 7.89. The van der Waals surface area contributed by atoms with E-state index in [1.54, 1.807) is 0 Å². The summed E-state index contributed by atoms with van der Waals surface area (Å²) in [5.41, 5.74) is 0.794. The number of aromatic nitrogens is 1. The quantitative estimate of drug-likeness (QED) is 0.657. The molecule has 2 aromatic carbocycles. The Morgan fingerprint density at radius 1 is 1.10 bits per heavy atom. The molecule has 31 heavy (non-hydrogen) atoms. The molecular formula is C20H19F2N3O5S. The van der Waals surface area contributed by atoms with E-state index in [1.165, 1.54) is 40.2 Å². The number of sulfonamides is 1. The van der Waals surface area contributed by atoms with Crippen molar-refractivity contribution in [2.45, 2.75) is 17.7 Å².